The van der Waals surface area contributed by atoms with Gasteiger partial charge in [-0.2, -0.15) is 0 Å². The van der Waals surface area contributed by atoms with Crippen molar-refractivity contribution in [2.45, 2.75) is 6.42 Å². The lowest BCUT2D eigenvalue weighted by molar-refractivity contribution is 0.252. The summed E-state index contributed by atoms with van der Waals surface area (Å²) in [6.45, 7) is 0.657. The van der Waals surface area contributed by atoms with Crippen LogP contribution in [-0.4, -0.2) is 17.9 Å². The molecule has 1 aromatic carbocycles. The van der Waals surface area contributed by atoms with Crippen molar-refractivity contribution in [2.75, 3.05) is 17.2 Å². The SMILES string of the molecule is O=C(NCCCBr)Nc1ccc(Cl)cc1. The summed E-state index contributed by atoms with van der Waals surface area (Å²) < 4.78 is 0. The summed E-state index contributed by atoms with van der Waals surface area (Å²) in [7, 11) is 0. The van der Waals surface area contributed by atoms with Gasteiger partial charge in [0, 0.05) is 22.6 Å². The zero-order valence-electron chi connectivity index (χ0n) is 8.09. The van der Waals surface area contributed by atoms with E-state index in [4.69, 9.17) is 11.6 Å². The van der Waals surface area contributed by atoms with Gasteiger partial charge in [0.15, 0.2) is 0 Å². The molecule has 0 atom stereocenters. The minimum atomic E-state index is -0.196. The highest BCUT2D eigenvalue weighted by atomic mass is 79.9. The van der Waals surface area contributed by atoms with Gasteiger partial charge in [0.2, 0.25) is 0 Å². The molecular weight excluding hydrogens is 279 g/mol. The van der Waals surface area contributed by atoms with E-state index in [0.717, 1.165) is 17.4 Å². The number of benzene rings is 1. The number of alkyl halides is 1. The Bertz CT molecular complexity index is 316. The molecule has 0 saturated carbocycles. The quantitative estimate of drug-likeness (QED) is 0.649. The van der Waals surface area contributed by atoms with Gasteiger partial charge in [0.1, 0.15) is 0 Å². The third kappa shape index (κ3) is 5.04. The molecule has 0 aliphatic carbocycles. The van der Waals surface area contributed by atoms with Crippen LogP contribution in [0, 0.1) is 0 Å². The average molecular weight is 292 g/mol. The highest BCUT2D eigenvalue weighted by molar-refractivity contribution is 9.09. The standard InChI is InChI=1S/C10H12BrClN2O/c11-6-1-7-13-10(15)14-9-4-2-8(12)3-5-9/h2-5H,1,6-7H2,(H2,13,14,15). The van der Waals surface area contributed by atoms with Crippen molar-refractivity contribution in [3.05, 3.63) is 29.3 Å². The van der Waals surface area contributed by atoms with E-state index in [2.05, 4.69) is 26.6 Å². The predicted molar refractivity (Wildman–Crippen MR) is 66.9 cm³/mol. The number of carbonyl (C=O) groups excluding carboxylic acids is 1. The Kier molecular flexibility index (Phi) is 5.50. The summed E-state index contributed by atoms with van der Waals surface area (Å²) in [6.07, 6.45) is 0.911. The number of nitrogens with one attached hydrogen (secondary N) is 2. The molecule has 0 aliphatic heterocycles. The van der Waals surface area contributed by atoms with Gasteiger partial charge < -0.3 is 10.6 Å². The smallest absolute Gasteiger partial charge is 0.319 e. The molecule has 1 aromatic rings. The molecular formula is C10H12BrClN2O. The molecule has 0 bridgehead atoms. The molecule has 0 unspecified atom stereocenters. The highest BCUT2D eigenvalue weighted by Gasteiger charge is 1.99. The van der Waals surface area contributed by atoms with Crippen LogP contribution in [0.2, 0.25) is 5.02 Å². The molecule has 0 heterocycles. The molecule has 3 nitrogen and oxygen atoms in total. The van der Waals surface area contributed by atoms with Crippen molar-refractivity contribution < 1.29 is 4.79 Å². The van der Waals surface area contributed by atoms with Gasteiger partial charge in [0.25, 0.3) is 0 Å². The lowest BCUT2D eigenvalue weighted by atomic mass is 10.3. The first kappa shape index (κ1) is 12.3. The molecule has 2 N–H and O–H groups in total. The molecule has 0 aliphatic rings. The molecule has 15 heavy (non-hydrogen) atoms. The van der Waals surface area contributed by atoms with E-state index in [1.807, 2.05) is 0 Å². The summed E-state index contributed by atoms with van der Waals surface area (Å²) >= 11 is 9.00. The van der Waals surface area contributed by atoms with Gasteiger partial charge in [-0.15, -0.1) is 0 Å². The second kappa shape index (κ2) is 6.69. The monoisotopic (exact) mass is 290 g/mol. The summed E-state index contributed by atoms with van der Waals surface area (Å²) in [6, 6.07) is 6.78. The maximum Gasteiger partial charge on any atom is 0.319 e. The molecule has 0 saturated heterocycles. The van der Waals surface area contributed by atoms with E-state index in [1.54, 1.807) is 24.3 Å². The number of anilines is 1. The molecule has 82 valence electrons. The number of amides is 2. The second-order valence-corrected chi connectivity index (χ2v) is 4.16. The Labute approximate surface area is 102 Å². The molecule has 0 spiro atoms. The summed E-state index contributed by atoms with van der Waals surface area (Å²) in [5.74, 6) is 0. The minimum Gasteiger partial charge on any atom is -0.338 e. The van der Waals surface area contributed by atoms with E-state index in [1.165, 1.54) is 0 Å². The van der Waals surface area contributed by atoms with Gasteiger partial charge in [-0.3, -0.25) is 0 Å². The van der Waals surface area contributed by atoms with E-state index in [9.17, 15) is 4.79 Å². The Morgan fingerprint density at radius 2 is 2.00 bits per heavy atom. The van der Waals surface area contributed by atoms with E-state index < -0.39 is 0 Å². The zero-order chi connectivity index (χ0) is 11.1. The Balaban J connectivity index is 2.34. The third-order valence-electron chi connectivity index (χ3n) is 1.70. The fourth-order valence-corrected chi connectivity index (χ4v) is 1.38. The van der Waals surface area contributed by atoms with E-state index in [-0.39, 0.29) is 6.03 Å². The normalized spacial score (nSPS) is 9.73. The average Bonchev–Trinajstić information content (AvgIpc) is 2.22. The first-order valence-electron chi connectivity index (χ1n) is 4.59. The lowest BCUT2D eigenvalue weighted by Gasteiger charge is -2.06. The van der Waals surface area contributed by atoms with E-state index in [0.29, 0.717) is 11.6 Å². The van der Waals surface area contributed by atoms with Crippen LogP contribution in [-0.2, 0) is 0 Å². The molecule has 2 amide bonds. The third-order valence-corrected chi connectivity index (χ3v) is 2.51. The van der Waals surface area contributed by atoms with Crippen LogP contribution in [0.25, 0.3) is 0 Å². The molecule has 0 fully saturated rings. The van der Waals surface area contributed by atoms with Crippen LogP contribution in [0.5, 0.6) is 0 Å². The fourth-order valence-electron chi connectivity index (χ4n) is 0.977. The van der Waals surface area contributed by atoms with Gasteiger partial charge in [-0.05, 0) is 30.7 Å². The number of carbonyl (C=O) groups is 1. The molecule has 1 rings (SSSR count). The number of halogens is 2. The molecule has 5 heteroatoms. The summed E-state index contributed by atoms with van der Waals surface area (Å²) in [4.78, 5) is 11.3. The second-order valence-electron chi connectivity index (χ2n) is 2.93. The van der Waals surface area contributed by atoms with Crippen molar-refractivity contribution in [3.8, 4) is 0 Å². The first-order chi connectivity index (χ1) is 7.22. The molecule has 0 aromatic heterocycles. The zero-order valence-corrected chi connectivity index (χ0v) is 10.4. The van der Waals surface area contributed by atoms with Gasteiger partial charge in [-0.25, -0.2) is 4.79 Å². The van der Waals surface area contributed by atoms with Crippen LogP contribution in [0.3, 0.4) is 0 Å². The van der Waals surface area contributed by atoms with Crippen LogP contribution in [0.4, 0.5) is 10.5 Å². The van der Waals surface area contributed by atoms with Gasteiger partial charge in [0.05, 0.1) is 0 Å². The van der Waals surface area contributed by atoms with Crippen molar-refractivity contribution in [2.24, 2.45) is 0 Å². The Morgan fingerprint density at radius 1 is 1.33 bits per heavy atom. The largest absolute Gasteiger partial charge is 0.338 e. The van der Waals surface area contributed by atoms with Crippen molar-refractivity contribution in [3.63, 3.8) is 0 Å². The van der Waals surface area contributed by atoms with Crippen molar-refractivity contribution in [1.82, 2.24) is 5.32 Å². The van der Waals surface area contributed by atoms with Crippen LogP contribution in [0.15, 0.2) is 24.3 Å². The van der Waals surface area contributed by atoms with E-state index >= 15 is 0 Å². The van der Waals surface area contributed by atoms with Gasteiger partial charge >= 0.3 is 6.03 Å². The lowest BCUT2D eigenvalue weighted by Crippen LogP contribution is -2.29. The number of hydrogen-bond donors (Lipinski definition) is 2. The van der Waals surface area contributed by atoms with Crippen LogP contribution < -0.4 is 10.6 Å². The fraction of sp³-hybridized carbons (Fsp3) is 0.300. The van der Waals surface area contributed by atoms with Crippen molar-refractivity contribution in [1.29, 1.82) is 0 Å². The maximum atomic E-state index is 11.3. The number of hydrogen-bond acceptors (Lipinski definition) is 1. The van der Waals surface area contributed by atoms with Gasteiger partial charge in [-0.1, -0.05) is 27.5 Å². The maximum absolute atomic E-state index is 11.3. The Hall–Kier alpha value is -0.740. The van der Waals surface area contributed by atoms with Crippen LogP contribution in [0.1, 0.15) is 6.42 Å². The van der Waals surface area contributed by atoms with Crippen molar-refractivity contribution >= 4 is 39.2 Å². The summed E-state index contributed by atoms with van der Waals surface area (Å²) in [5.41, 5.74) is 0.732. The Morgan fingerprint density at radius 3 is 2.60 bits per heavy atom. The minimum absolute atomic E-state index is 0.196. The number of rotatable bonds is 4. The molecule has 0 radical (unpaired) electrons. The summed E-state index contributed by atoms with van der Waals surface area (Å²) in [5, 5.41) is 6.97. The number of urea groups is 1. The highest BCUT2D eigenvalue weighted by Crippen LogP contribution is 2.12. The first-order valence-corrected chi connectivity index (χ1v) is 6.08. The predicted octanol–water partition coefficient (Wildman–Crippen LogP) is 3.25. The van der Waals surface area contributed by atoms with Crippen LogP contribution >= 0.6 is 27.5 Å². The topological polar surface area (TPSA) is 41.1 Å².